The first-order valence-corrected chi connectivity index (χ1v) is 24.6. The fraction of sp³-hybridized carbons (Fsp3) is 0.0152. The van der Waals surface area contributed by atoms with Gasteiger partial charge in [0.25, 0.3) is 0 Å². The van der Waals surface area contributed by atoms with Crippen LogP contribution in [0.15, 0.2) is 231 Å². The molecule has 0 saturated carbocycles. The highest BCUT2D eigenvalue weighted by Crippen LogP contribution is 2.62. The van der Waals surface area contributed by atoms with E-state index in [4.69, 9.17) is 14.7 Å². The summed E-state index contributed by atoms with van der Waals surface area (Å²) in [6, 6.07) is 80.2. The highest BCUT2D eigenvalue weighted by Gasteiger charge is 2.53. The number of pyridine rings is 2. The second-order valence-electron chi connectivity index (χ2n) is 19.2. The summed E-state index contributed by atoms with van der Waals surface area (Å²) in [6.45, 7) is 0. The van der Waals surface area contributed by atoms with Crippen LogP contribution in [0.5, 0.6) is 11.5 Å². The van der Waals surface area contributed by atoms with E-state index in [0.29, 0.717) is 5.56 Å². The number of nitrogens with zero attached hydrogens (tertiary/aromatic N) is 6. The van der Waals surface area contributed by atoms with E-state index in [-0.39, 0.29) is 0 Å². The zero-order chi connectivity index (χ0) is 47.9. The van der Waals surface area contributed by atoms with Crippen LogP contribution in [0.4, 0.5) is 0 Å². The van der Waals surface area contributed by atoms with E-state index in [1.165, 1.54) is 27.1 Å². The van der Waals surface area contributed by atoms with Crippen molar-refractivity contribution >= 4 is 65.4 Å². The van der Waals surface area contributed by atoms with Crippen molar-refractivity contribution in [2.45, 2.75) is 5.41 Å². The van der Waals surface area contributed by atoms with Gasteiger partial charge >= 0.3 is 0 Å². The van der Waals surface area contributed by atoms with Crippen LogP contribution in [-0.2, 0) is 5.41 Å². The Morgan fingerprint density at radius 3 is 1.63 bits per heavy atom. The standard InChI is InChI=1S/C66H38N6O/c67-38-40-24-29-60-50(33-40)48-17-6-11-23-59(48)72(60)45-36-55-65(69-39-45)64-53(19-12-32-68-64)66(55)52-28-27-44(71-56-20-8-4-15-46(56)47-16-5-9-21-57(47)71)37-63(52)73-62-31-26-42(35-54(62)66)41-25-30-61-51(34-41)49-18-7-10-22-58(49)70(61)43-13-2-1-3-14-43/h1-37,39H. The lowest BCUT2D eigenvalue weighted by atomic mass is 9.66. The van der Waals surface area contributed by atoms with Crippen molar-refractivity contribution in [3.05, 3.63) is 259 Å². The first-order valence-electron chi connectivity index (χ1n) is 24.6. The highest BCUT2D eigenvalue weighted by atomic mass is 16.5. The molecular weight excluding hydrogens is 893 g/mol. The maximum Gasteiger partial charge on any atom is 0.134 e. The molecule has 0 radical (unpaired) electrons. The molecule has 6 heterocycles. The second-order valence-corrected chi connectivity index (χ2v) is 19.2. The zero-order valence-corrected chi connectivity index (χ0v) is 39.0. The number of benzene rings is 9. The van der Waals surface area contributed by atoms with Gasteiger partial charge in [0, 0.05) is 72.6 Å². The molecule has 7 nitrogen and oxygen atoms in total. The lowest BCUT2D eigenvalue weighted by Gasteiger charge is -2.39. The number of rotatable bonds is 4. The molecule has 1 unspecified atom stereocenters. The molecule has 0 N–H and O–H groups in total. The summed E-state index contributed by atoms with van der Waals surface area (Å²) >= 11 is 0. The van der Waals surface area contributed by atoms with E-state index in [2.05, 4.69) is 226 Å². The Kier molecular flexibility index (Phi) is 8.04. The van der Waals surface area contributed by atoms with Crippen molar-refractivity contribution in [3.8, 4) is 57.1 Å². The van der Waals surface area contributed by atoms with E-state index in [9.17, 15) is 5.26 Å². The summed E-state index contributed by atoms with van der Waals surface area (Å²) in [5, 5.41) is 16.9. The van der Waals surface area contributed by atoms with E-state index < -0.39 is 5.41 Å². The minimum absolute atomic E-state index is 0.621. The lowest BCUT2D eigenvalue weighted by molar-refractivity contribution is 0.436. The van der Waals surface area contributed by atoms with Gasteiger partial charge in [-0.1, -0.05) is 115 Å². The molecule has 2 aliphatic rings. The predicted octanol–water partition coefficient (Wildman–Crippen LogP) is 15.8. The van der Waals surface area contributed by atoms with E-state index in [1.54, 1.807) is 0 Å². The molecule has 16 rings (SSSR count). The molecule has 0 bridgehead atoms. The van der Waals surface area contributed by atoms with Gasteiger partial charge in [0.15, 0.2) is 0 Å². The Hall–Kier alpha value is -10.0. The van der Waals surface area contributed by atoms with Gasteiger partial charge in [-0.15, -0.1) is 0 Å². The Balaban J connectivity index is 0.969. The molecule has 7 heteroatoms. The third kappa shape index (κ3) is 5.36. The van der Waals surface area contributed by atoms with Crippen LogP contribution in [0, 0.1) is 11.3 Å². The lowest BCUT2D eigenvalue weighted by Crippen LogP contribution is -2.32. The zero-order valence-electron chi connectivity index (χ0n) is 39.0. The van der Waals surface area contributed by atoms with Crippen LogP contribution in [0.1, 0.15) is 27.8 Å². The molecule has 1 aliphatic heterocycles. The predicted molar refractivity (Wildman–Crippen MR) is 293 cm³/mol. The summed E-state index contributed by atoms with van der Waals surface area (Å²) in [5.41, 5.74) is 17.3. The first kappa shape index (κ1) is 39.8. The van der Waals surface area contributed by atoms with Crippen LogP contribution in [0.3, 0.4) is 0 Å². The fourth-order valence-corrected chi connectivity index (χ4v) is 12.6. The summed E-state index contributed by atoms with van der Waals surface area (Å²) in [4.78, 5) is 10.6. The normalized spacial score (nSPS) is 14.5. The molecular formula is C66H38N6O. The van der Waals surface area contributed by atoms with Crippen LogP contribution >= 0.6 is 0 Å². The number of nitriles is 1. The minimum Gasteiger partial charge on any atom is -0.457 e. The quantitative estimate of drug-likeness (QED) is 0.176. The molecule has 1 spiro atoms. The van der Waals surface area contributed by atoms with Crippen LogP contribution < -0.4 is 4.74 Å². The molecule has 0 fully saturated rings. The second kappa shape index (κ2) is 14.8. The largest absolute Gasteiger partial charge is 0.457 e. The van der Waals surface area contributed by atoms with Gasteiger partial charge in [0.05, 0.1) is 73.4 Å². The molecule has 0 amide bonds. The molecule has 0 saturated heterocycles. The summed E-state index contributed by atoms with van der Waals surface area (Å²) in [5.74, 6) is 1.54. The van der Waals surface area contributed by atoms with E-state index >= 15 is 0 Å². The van der Waals surface area contributed by atoms with Crippen molar-refractivity contribution in [2.24, 2.45) is 0 Å². The fourth-order valence-electron chi connectivity index (χ4n) is 12.6. The molecule has 9 aromatic carbocycles. The molecule has 1 aliphatic carbocycles. The maximum absolute atomic E-state index is 9.99. The number of hydrogen-bond donors (Lipinski definition) is 0. The van der Waals surface area contributed by atoms with E-state index in [1.807, 2.05) is 24.5 Å². The Bertz CT molecular complexity index is 4690. The highest BCUT2D eigenvalue weighted by molar-refractivity contribution is 6.12. The van der Waals surface area contributed by atoms with Gasteiger partial charge in [-0.05, 0) is 114 Å². The van der Waals surface area contributed by atoms with Crippen LogP contribution in [0.25, 0.3) is 105 Å². The van der Waals surface area contributed by atoms with Crippen molar-refractivity contribution in [1.29, 1.82) is 5.26 Å². The van der Waals surface area contributed by atoms with Gasteiger partial charge < -0.3 is 18.4 Å². The van der Waals surface area contributed by atoms with Gasteiger partial charge in [-0.25, -0.2) is 0 Å². The molecule has 73 heavy (non-hydrogen) atoms. The van der Waals surface area contributed by atoms with Crippen LogP contribution in [0.2, 0.25) is 0 Å². The smallest absolute Gasteiger partial charge is 0.134 e. The summed E-state index contributed by atoms with van der Waals surface area (Å²) in [6.07, 6.45) is 3.85. The topological polar surface area (TPSA) is 73.6 Å². The summed E-state index contributed by atoms with van der Waals surface area (Å²) < 4.78 is 14.3. The maximum atomic E-state index is 9.99. The third-order valence-corrected chi connectivity index (χ3v) is 15.6. The summed E-state index contributed by atoms with van der Waals surface area (Å²) in [7, 11) is 0. The van der Waals surface area contributed by atoms with Gasteiger partial charge in [0.1, 0.15) is 11.5 Å². The number of para-hydroxylation sites is 5. The molecule has 5 aromatic heterocycles. The first-order chi connectivity index (χ1) is 36.2. The minimum atomic E-state index is -0.902. The van der Waals surface area contributed by atoms with Crippen LogP contribution in [-0.4, -0.2) is 23.7 Å². The number of fused-ring (bicyclic) bond motifs is 18. The number of ether oxygens (including phenoxy) is 1. The molecule has 14 aromatic rings. The van der Waals surface area contributed by atoms with Gasteiger partial charge in [0.2, 0.25) is 0 Å². The van der Waals surface area contributed by atoms with Crippen molar-refractivity contribution < 1.29 is 4.74 Å². The Morgan fingerprint density at radius 2 is 0.932 bits per heavy atom. The van der Waals surface area contributed by atoms with Crippen molar-refractivity contribution in [3.63, 3.8) is 0 Å². The Labute approximate surface area is 418 Å². The number of hydrogen-bond acceptors (Lipinski definition) is 4. The molecule has 338 valence electrons. The molecule has 1 atom stereocenters. The average Bonchev–Trinajstić information content (AvgIpc) is 4.17. The van der Waals surface area contributed by atoms with Crippen molar-refractivity contribution in [2.75, 3.05) is 0 Å². The third-order valence-electron chi connectivity index (χ3n) is 15.6. The Morgan fingerprint density at radius 1 is 0.370 bits per heavy atom. The van der Waals surface area contributed by atoms with Gasteiger partial charge in [-0.2, -0.15) is 5.26 Å². The monoisotopic (exact) mass is 930 g/mol. The van der Waals surface area contributed by atoms with Gasteiger partial charge in [-0.3, -0.25) is 9.97 Å². The van der Waals surface area contributed by atoms with E-state index in [0.717, 1.165) is 112 Å². The van der Waals surface area contributed by atoms with Crippen molar-refractivity contribution in [1.82, 2.24) is 23.7 Å². The number of aromatic nitrogens is 5. The average molecular weight is 931 g/mol. The SMILES string of the molecule is N#Cc1ccc2c(c1)c1ccccc1n2-c1cnc2c(c1)C1(c3ccc(-n4c5ccccc5c5ccccc54)cc3Oc3ccc(-c4ccc5c(c4)c4ccccc4n5-c4ccccc4)cc31)c1cccnc1-2.